The molecule has 0 amide bonds. The molecule has 1 aliphatic heterocycles. The second kappa shape index (κ2) is 7.01. The minimum absolute atomic E-state index is 0.245. The van der Waals surface area contributed by atoms with Gasteiger partial charge in [0.1, 0.15) is 5.75 Å². The number of hydrogen-bond acceptors (Lipinski definition) is 2. The zero-order chi connectivity index (χ0) is 19.1. The van der Waals surface area contributed by atoms with Crippen molar-refractivity contribution < 1.29 is 4.74 Å². The Bertz CT molecular complexity index is 1040. The van der Waals surface area contributed by atoms with Crippen LogP contribution in [0.1, 0.15) is 49.8 Å². The molecule has 0 aromatic heterocycles. The number of fused-ring (bicyclic) bond motifs is 4. The fraction of sp³-hybridized carbons (Fsp3) is 0.308. The number of allylic oxidation sites excluding steroid dienone is 2. The monoisotopic (exact) mass is 369 g/mol. The first-order valence-electron chi connectivity index (χ1n) is 10.5. The van der Waals surface area contributed by atoms with E-state index >= 15 is 0 Å². The fourth-order valence-corrected chi connectivity index (χ4v) is 4.69. The smallest absolute Gasteiger partial charge is 0.120 e. The van der Waals surface area contributed by atoms with Gasteiger partial charge in [0.2, 0.25) is 0 Å². The highest BCUT2D eigenvalue weighted by atomic mass is 16.5. The summed E-state index contributed by atoms with van der Waals surface area (Å²) in [4.78, 5) is 0. The molecule has 2 aliphatic rings. The van der Waals surface area contributed by atoms with Gasteiger partial charge in [0.25, 0.3) is 0 Å². The first kappa shape index (κ1) is 17.4. The van der Waals surface area contributed by atoms with Gasteiger partial charge in [-0.15, -0.1) is 0 Å². The summed E-state index contributed by atoms with van der Waals surface area (Å²) >= 11 is 0. The summed E-state index contributed by atoms with van der Waals surface area (Å²) in [6.07, 6.45) is 7.12. The lowest BCUT2D eigenvalue weighted by molar-refractivity contribution is 0.217. The van der Waals surface area contributed by atoms with Crippen LogP contribution in [0.25, 0.3) is 10.8 Å². The molecule has 0 radical (unpaired) electrons. The van der Waals surface area contributed by atoms with E-state index in [-0.39, 0.29) is 6.10 Å². The van der Waals surface area contributed by atoms with Gasteiger partial charge < -0.3 is 10.1 Å². The highest BCUT2D eigenvalue weighted by molar-refractivity contribution is 5.83. The average Bonchev–Trinajstić information content (AvgIpc) is 3.23. The first-order valence-corrected chi connectivity index (χ1v) is 10.5. The van der Waals surface area contributed by atoms with Crippen molar-refractivity contribution in [3.05, 3.63) is 83.9 Å². The van der Waals surface area contributed by atoms with Crippen LogP contribution in [0.2, 0.25) is 0 Å². The Morgan fingerprint density at radius 3 is 2.75 bits per heavy atom. The molecule has 28 heavy (non-hydrogen) atoms. The summed E-state index contributed by atoms with van der Waals surface area (Å²) in [5.41, 5.74) is 3.99. The summed E-state index contributed by atoms with van der Waals surface area (Å²) in [5, 5.41) is 6.46. The zero-order valence-electron chi connectivity index (χ0n) is 16.6. The van der Waals surface area contributed by atoms with Crippen LogP contribution in [0.3, 0.4) is 0 Å². The molecule has 5 rings (SSSR count). The third-order valence-corrected chi connectivity index (χ3v) is 6.38. The molecule has 0 bridgehead atoms. The van der Waals surface area contributed by atoms with E-state index in [0.29, 0.717) is 17.9 Å². The Morgan fingerprint density at radius 2 is 1.89 bits per heavy atom. The molecular formula is C26H27NO. The standard InChI is InChI=1S/C26H27NO/c1-3-17(2)28-21-13-14-25-24(16-21)22-9-6-10-23(22)26(27-25)20-12-11-18-7-4-5-8-19(18)15-20/h4-9,11-17,22-23,26-27H,3,10H2,1-2H3. The van der Waals surface area contributed by atoms with E-state index < -0.39 is 0 Å². The average molecular weight is 370 g/mol. The number of nitrogens with one attached hydrogen (secondary N) is 1. The predicted molar refractivity (Wildman–Crippen MR) is 117 cm³/mol. The van der Waals surface area contributed by atoms with Gasteiger partial charge in [-0.25, -0.2) is 0 Å². The third-order valence-electron chi connectivity index (χ3n) is 6.38. The highest BCUT2D eigenvalue weighted by Gasteiger charge is 2.38. The summed E-state index contributed by atoms with van der Waals surface area (Å²) < 4.78 is 6.09. The number of benzene rings is 3. The van der Waals surface area contributed by atoms with E-state index in [1.807, 2.05) is 0 Å². The largest absolute Gasteiger partial charge is 0.491 e. The maximum atomic E-state index is 6.09. The van der Waals surface area contributed by atoms with Crippen LogP contribution < -0.4 is 10.1 Å². The summed E-state index contributed by atoms with van der Waals surface area (Å²) in [7, 11) is 0. The van der Waals surface area contributed by atoms with Crippen molar-refractivity contribution in [2.24, 2.45) is 5.92 Å². The van der Waals surface area contributed by atoms with Gasteiger partial charge >= 0.3 is 0 Å². The molecule has 0 saturated carbocycles. The van der Waals surface area contributed by atoms with Crippen molar-refractivity contribution in [3.8, 4) is 5.75 Å². The number of anilines is 1. The fourth-order valence-electron chi connectivity index (χ4n) is 4.69. The summed E-state index contributed by atoms with van der Waals surface area (Å²) in [6, 6.07) is 22.4. The molecule has 0 fully saturated rings. The Hall–Kier alpha value is -2.74. The van der Waals surface area contributed by atoms with Crippen LogP contribution in [0.4, 0.5) is 5.69 Å². The van der Waals surface area contributed by atoms with Crippen LogP contribution >= 0.6 is 0 Å². The topological polar surface area (TPSA) is 21.3 Å². The zero-order valence-corrected chi connectivity index (χ0v) is 16.6. The van der Waals surface area contributed by atoms with Gasteiger partial charge in [-0.1, -0.05) is 55.5 Å². The molecule has 0 spiro atoms. The Kier molecular flexibility index (Phi) is 4.35. The lowest BCUT2D eigenvalue weighted by atomic mass is 9.77. The highest BCUT2D eigenvalue weighted by Crippen LogP contribution is 2.50. The van der Waals surface area contributed by atoms with Crippen molar-refractivity contribution in [1.82, 2.24) is 0 Å². The third kappa shape index (κ3) is 2.97. The lowest BCUT2D eigenvalue weighted by Gasteiger charge is -2.38. The van der Waals surface area contributed by atoms with E-state index in [2.05, 4.69) is 92.0 Å². The van der Waals surface area contributed by atoms with Crippen molar-refractivity contribution in [1.29, 1.82) is 0 Å². The van der Waals surface area contributed by atoms with E-state index in [1.165, 1.54) is 27.6 Å². The molecule has 0 saturated heterocycles. The normalized spacial score (nSPS) is 23.7. The molecule has 4 unspecified atom stereocenters. The second-order valence-electron chi connectivity index (χ2n) is 8.17. The van der Waals surface area contributed by atoms with Gasteiger partial charge in [0.15, 0.2) is 0 Å². The van der Waals surface area contributed by atoms with Gasteiger partial charge in [-0.2, -0.15) is 0 Å². The van der Waals surface area contributed by atoms with Crippen LogP contribution in [0.15, 0.2) is 72.8 Å². The van der Waals surface area contributed by atoms with Gasteiger partial charge in [0.05, 0.1) is 12.1 Å². The number of ether oxygens (including phenoxy) is 1. The summed E-state index contributed by atoms with van der Waals surface area (Å²) in [5.74, 6) is 1.99. The molecule has 3 aromatic rings. The molecule has 2 heteroatoms. The molecule has 142 valence electrons. The quantitative estimate of drug-likeness (QED) is 0.508. The molecule has 3 aromatic carbocycles. The van der Waals surface area contributed by atoms with Crippen LogP contribution in [-0.2, 0) is 0 Å². The Balaban J connectivity index is 1.51. The Labute approximate surface area is 167 Å². The molecule has 1 aliphatic carbocycles. The van der Waals surface area contributed by atoms with Crippen LogP contribution in [0, 0.1) is 5.92 Å². The summed E-state index contributed by atoms with van der Waals surface area (Å²) in [6.45, 7) is 4.29. The maximum absolute atomic E-state index is 6.09. The van der Waals surface area contributed by atoms with E-state index in [9.17, 15) is 0 Å². The van der Waals surface area contributed by atoms with E-state index in [1.54, 1.807) is 0 Å². The van der Waals surface area contributed by atoms with Gasteiger partial charge in [0, 0.05) is 11.6 Å². The van der Waals surface area contributed by atoms with Crippen LogP contribution in [0.5, 0.6) is 5.75 Å². The number of hydrogen-bond donors (Lipinski definition) is 1. The van der Waals surface area contributed by atoms with Crippen molar-refractivity contribution in [2.75, 3.05) is 5.32 Å². The molecule has 1 heterocycles. The second-order valence-corrected chi connectivity index (χ2v) is 8.17. The Morgan fingerprint density at radius 1 is 1.04 bits per heavy atom. The van der Waals surface area contributed by atoms with Crippen LogP contribution in [-0.4, -0.2) is 6.10 Å². The number of rotatable bonds is 4. The first-order chi connectivity index (χ1) is 13.7. The molecule has 1 N–H and O–H groups in total. The van der Waals surface area contributed by atoms with Gasteiger partial charge in [-0.3, -0.25) is 0 Å². The van der Waals surface area contributed by atoms with Gasteiger partial charge in [-0.05, 0) is 71.8 Å². The lowest BCUT2D eigenvalue weighted by Crippen LogP contribution is -2.29. The minimum atomic E-state index is 0.245. The van der Waals surface area contributed by atoms with E-state index in [0.717, 1.165) is 18.6 Å². The van der Waals surface area contributed by atoms with Crippen molar-refractivity contribution in [2.45, 2.75) is 44.8 Å². The molecule has 2 nitrogen and oxygen atoms in total. The minimum Gasteiger partial charge on any atom is -0.491 e. The van der Waals surface area contributed by atoms with E-state index in [4.69, 9.17) is 4.74 Å². The maximum Gasteiger partial charge on any atom is 0.120 e. The van der Waals surface area contributed by atoms with Crippen molar-refractivity contribution >= 4 is 16.5 Å². The molecule has 4 atom stereocenters. The van der Waals surface area contributed by atoms with Crippen molar-refractivity contribution in [3.63, 3.8) is 0 Å². The molecular weight excluding hydrogens is 342 g/mol. The SMILES string of the molecule is CCC(C)Oc1ccc2c(c1)C1C=CCC1C(c1ccc3ccccc3c1)N2. The predicted octanol–water partition coefficient (Wildman–Crippen LogP) is 6.84.